The predicted molar refractivity (Wildman–Crippen MR) is 87.1 cm³/mol. The van der Waals surface area contributed by atoms with E-state index in [1.807, 2.05) is 37.3 Å². The minimum atomic E-state index is -0.180. The maximum atomic E-state index is 6.32. The van der Waals surface area contributed by atoms with Gasteiger partial charge < -0.3 is 4.57 Å². The third-order valence-corrected chi connectivity index (χ3v) is 4.04. The summed E-state index contributed by atoms with van der Waals surface area (Å²) in [6.07, 6.45) is 3.59. The van der Waals surface area contributed by atoms with Gasteiger partial charge in [-0.25, -0.2) is 4.98 Å². The fraction of sp³-hybridized carbons (Fsp3) is 0.250. The molecule has 108 valence electrons. The van der Waals surface area contributed by atoms with E-state index in [-0.39, 0.29) is 11.4 Å². The van der Waals surface area contributed by atoms with Crippen LogP contribution in [0.5, 0.6) is 0 Å². The van der Waals surface area contributed by atoms with Crippen LogP contribution >= 0.6 is 23.2 Å². The Balaban J connectivity index is 2.22. The monoisotopic (exact) mass is 319 g/mol. The maximum absolute atomic E-state index is 6.32. The molecule has 0 radical (unpaired) electrons. The van der Waals surface area contributed by atoms with Gasteiger partial charge in [-0.05, 0) is 49.7 Å². The lowest BCUT2D eigenvalue weighted by Crippen LogP contribution is -2.11. The van der Waals surface area contributed by atoms with E-state index < -0.39 is 0 Å². The van der Waals surface area contributed by atoms with Crippen molar-refractivity contribution in [2.24, 2.45) is 0 Å². The molecule has 3 nitrogen and oxygen atoms in total. The van der Waals surface area contributed by atoms with Crippen LogP contribution < -0.4 is 0 Å². The Morgan fingerprint density at radius 1 is 1.10 bits per heavy atom. The topological polar surface area (TPSA) is 30.7 Å². The Hall–Kier alpha value is -1.58. The Morgan fingerprint density at radius 3 is 2.48 bits per heavy atom. The average Bonchev–Trinajstić information content (AvgIpc) is 2.86. The number of pyridine rings is 1. The fourth-order valence-corrected chi connectivity index (χ4v) is 2.89. The first kappa shape index (κ1) is 14.4. The van der Waals surface area contributed by atoms with Gasteiger partial charge in [0.2, 0.25) is 0 Å². The second-order valence-electron chi connectivity index (χ2n) is 5.05. The first-order valence-corrected chi connectivity index (χ1v) is 7.60. The highest BCUT2D eigenvalue weighted by molar-refractivity contribution is 6.31. The highest BCUT2D eigenvalue weighted by Gasteiger charge is 2.20. The van der Waals surface area contributed by atoms with Crippen LogP contribution in [0.1, 0.15) is 36.7 Å². The van der Waals surface area contributed by atoms with Gasteiger partial charge in [-0.2, -0.15) is 0 Å². The molecule has 21 heavy (non-hydrogen) atoms. The van der Waals surface area contributed by atoms with Crippen molar-refractivity contribution in [2.75, 3.05) is 0 Å². The SMILES string of the molecule is CC(Cl)c1nc2cc(Cl)ccc2n1C(C)c1ccncc1. The number of imidazole rings is 1. The van der Waals surface area contributed by atoms with Gasteiger partial charge in [0.15, 0.2) is 0 Å². The summed E-state index contributed by atoms with van der Waals surface area (Å²) in [6, 6.07) is 9.88. The van der Waals surface area contributed by atoms with Gasteiger partial charge in [-0.3, -0.25) is 4.98 Å². The molecule has 2 aromatic heterocycles. The largest absolute Gasteiger partial charge is 0.319 e. The summed E-state index contributed by atoms with van der Waals surface area (Å²) in [7, 11) is 0. The summed E-state index contributed by atoms with van der Waals surface area (Å²) in [4.78, 5) is 8.72. The molecule has 0 saturated heterocycles. The number of nitrogens with zero attached hydrogens (tertiary/aromatic N) is 3. The van der Waals surface area contributed by atoms with Crippen LogP contribution in [-0.2, 0) is 0 Å². The third-order valence-electron chi connectivity index (χ3n) is 3.61. The summed E-state index contributed by atoms with van der Waals surface area (Å²) >= 11 is 12.4. The summed E-state index contributed by atoms with van der Waals surface area (Å²) in [6.45, 7) is 4.06. The van der Waals surface area contributed by atoms with Crippen LogP contribution in [0.3, 0.4) is 0 Å². The van der Waals surface area contributed by atoms with Gasteiger partial charge in [0, 0.05) is 17.4 Å². The summed E-state index contributed by atoms with van der Waals surface area (Å²) < 4.78 is 2.17. The zero-order chi connectivity index (χ0) is 15.0. The lowest BCUT2D eigenvalue weighted by atomic mass is 10.1. The molecule has 0 aliphatic rings. The molecule has 1 aromatic carbocycles. The minimum absolute atomic E-state index is 0.121. The van der Waals surface area contributed by atoms with Crippen molar-refractivity contribution in [3.05, 3.63) is 59.1 Å². The molecular formula is C16H15Cl2N3. The number of benzene rings is 1. The molecule has 2 heterocycles. The zero-order valence-corrected chi connectivity index (χ0v) is 13.3. The van der Waals surface area contributed by atoms with Crippen molar-refractivity contribution >= 4 is 34.2 Å². The quantitative estimate of drug-likeness (QED) is 0.636. The number of alkyl halides is 1. The normalized spacial score (nSPS) is 14.3. The first-order chi connectivity index (χ1) is 10.1. The van der Waals surface area contributed by atoms with Gasteiger partial charge in [-0.15, -0.1) is 11.6 Å². The number of fused-ring (bicyclic) bond motifs is 1. The van der Waals surface area contributed by atoms with Crippen molar-refractivity contribution in [3.8, 4) is 0 Å². The molecule has 2 atom stereocenters. The highest BCUT2D eigenvalue weighted by Crippen LogP contribution is 2.31. The fourth-order valence-electron chi connectivity index (χ4n) is 2.57. The van der Waals surface area contributed by atoms with E-state index in [9.17, 15) is 0 Å². The van der Waals surface area contributed by atoms with E-state index >= 15 is 0 Å². The second-order valence-corrected chi connectivity index (χ2v) is 6.14. The van der Waals surface area contributed by atoms with E-state index in [1.165, 1.54) is 0 Å². The molecule has 0 aliphatic heterocycles. The van der Waals surface area contributed by atoms with E-state index in [1.54, 1.807) is 12.4 Å². The third kappa shape index (κ3) is 2.63. The van der Waals surface area contributed by atoms with Crippen LogP contribution in [0.15, 0.2) is 42.7 Å². The molecule has 0 saturated carbocycles. The summed E-state index contributed by atoms with van der Waals surface area (Å²) in [5.74, 6) is 0.846. The van der Waals surface area contributed by atoms with Gasteiger partial charge in [-0.1, -0.05) is 11.6 Å². The number of halogens is 2. The molecule has 3 aromatic rings. The van der Waals surface area contributed by atoms with E-state index in [4.69, 9.17) is 23.2 Å². The van der Waals surface area contributed by atoms with Crippen molar-refractivity contribution in [1.82, 2.24) is 14.5 Å². The van der Waals surface area contributed by atoms with Crippen molar-refractivity contribution in [3.63, 3.8) is 0 Å². The number of hydrogen-bond donors (Lipinski definition) is 0. The van der Waals surface area contributed by atoms with Crippen LogP contribution in [-0.4, -0.2) is 14.5 Å². The maximum Gasteiger partial charge on any atom is 0.128 e. The zero-order valence-electron chi connectivity index (χ0n) is 11.8. The van der Waals surface area contributed by atoms with Gasteiger partial charge in [0.05, 0.1) is 22.5 Å². The number of hydrogen-bond acceptors (Lipinski definition) is 2. The molecule has 0 aliphatic carbocycles. The molecule has 0 bridgehead atoms. The predicted octanol–water partition coefficient (Wildman–Crippen LogP) is 4.99. The van der Waals surface area contributed by atoms with Crippen molar-refractivity contribution in [1.29, 1.82) is 0 Å². The van der Waals surface area contributed by atoms with Crippen molar-refractivity contribution < 1.29 is 0 Å². The Labute approximate surface area is 133 Å². The Bertz CT molecular complexity index is 766. The van der Waals surface area contributed by atoms with Crippen LogP contribution in [0.2, 0.25) is 5.02 Å². The summed E-state index contributed by atoms with van der Waals surface area (Å²) in [5, 5.41) is 0.498. The van der Waals surface area contributed by atoms with Crippen molar-refractivity contribution in [2.45, 2.75) is 25.3 Å². The standard InChI is InChI=1S/C16H15Cl2N3/c1-10(17)16-20-14-9-13(18)3-4-15(14)21(16)11(2)12-5-7-19-8-6-12/h3-11H,1-2H3. The van der Waals surface area contributed by atoms with Gasteiger partial charge in [0.1, 0.15) is 5.82 Å². The van der Waals surface area contributed by atoms with Crippen LogP contribution in [0.4, 0.5) is 0 Å². The lowest BCUT2D eigenvalue weighted by Gasteiger charge is -2.19. The first-order valence-electron chi connectivity index (χ1n) is 6.79. The molecule has 0 N–H and O–H groups in total. The Kier molecular flexibility index (Phi) is 3.87. The molecule has 0 spiro atoms. The highest BCUT2D eigenvalue weighted by atomic mass is 35.5. The number of aromatic nitrogens is 3. The van der Waals surface area contributed by atoms with E-state index in [0.29, 0.717) is 5.02 Å². The molecule has 0 amide bonds. The lowest BCUT2D eigenvalue weighted by molar-refractivity contribution is 0.618. The molecule has 2 unspecified atom stereocenters. The smallest absolute Gasteiger partial charge is 0.128 e. The average molecular weight is 320 g/mol. The van der Waals surface area contributed by atoms with E-state index in [2.05, 4.69) is 21.5 Å². The van der Waals surface area contributed by atoms with Gasteiger partial charge >= 0.3 is 0 Å². The van der Waals surface area contributed by atoms with Gasteiger partial charge in [0.25, 0.3) is 0 Å². The molecule has 0 fully saturated rings. The van der Waals surface area contributed by atoms with Crippen LogP contribution in [0, 0.1) is 0 Å². The van der Waals surface area contributed by atoms with E-state index in [0.717, 1.165) is 22.4 Å². The molecular weight excluding hydrogens is 305 g/mol. The molecule has 3 rings (SSSR count). The Morgan fingerprint density at radius 2 is 1.81 bits per heavy atom. The molecule has 5 heteroatoms. The second kappa shape index (κ2) is 5.66. The minimum Gasteiger partial charge on any atom is -0.319 e. The summed E-state index contributed by atoms with van der Waals surface area (Å²) in [5.41, 5.74) is 3.06. The number of rotatable bonds is 3. The van der Waals surface area contributed by atoms with Crippen LogP contribution in [0.25, 0.3) is 11.0 Å².